The van der Waals surface area contributed by atoms with E-state index in [9.17, 15) is 0 Å². The Morgan fingerprint density at radius 1 is 1.35 bits per heavy atom. The lowest BCUT2D eigenvalue weighted by atomic mass is 9.96. The summed E-state index contributed by atoms with van der Waals surface area (Å²) in [5.74, 6) is 0. The van der Waals surface area contributed by atoms with Crippen LogP contribution < -0.4 is 5.32 Å². The molecule has 3 rings (SSSR count). The Labute approximate surface area is 123 Å². The predicted octanol–water partition coefficient (Wildman–Crippen LogP) is 3.52. The first-order chi connectivity index (χ1) is 9.67. The average molecular weight is 285 g/mol. The molecule has 1 N–H and O–H groups in total. The summed E-state index contributed by atoms with van der Waals surface area (Å²) in [5, 5.41) is 5.49. The summed E-state index contributed by atoms with van der Waals surface area (Å²) in [7, 11) is 2.02. The van der Waals surface area contributed by atoms with E-state index >= 15 is 0 Å². The Hall–Kier alpha value is -1.65. The number of imidazole rings is 1. The van der Waals surface area contributed by atoms with Gasteiger partial charge in [0.1, 0.15) is 0 Å². The summed E-state index contributed by atoms with van der Waals surface area (Å²) in [6.07, 6.45) is 5.10. The number of nitrogens with one attached hydrogen (secondary N) is 1. The van der Waals surface area contributed by atoms with Crippen molar-refractivity contribution in [2.24, 2.45) is 0 Å². The number of aromatic nitrogens is 2. The van der Waals surface area contributed by atoms with Crippen LogP contribution in [0.4, 0.5) is 0 Å². The van der Waals surface area contributed by atoms with Crippen molar-refractivity contribution < 1.29 is 0 Å². The lowest BCUT2D eigenvalue weighted by Gasteiger charge is -2.18. The van der Waals surface area contributed by atoms with E-state index in [1.54, 1.807) is 11.3 Å². The number of likely N-dealkylation sites (N-methyl/N-ethyl adjacent to an activating group) is 1. The molecular weight excluding hydrogens is 266 g/mol. The van der Waals surface area contributed by atoms with Gasteiger partial charge in [0.25, 0.3) is 0 Å². The fourth-order valence-electron chi connectivity index (χ4n) is 2.59. The third-order valence-electron chi connectivity index (χ3n) is 3.72. The SMILES string of the molecule is CNC(Cc1cn2ccsc2n1)c1cc(C)ccc1C. The van der Waals surface area contributed by atoms with E-state index in [4.69, 9.17) is 0 Å². The minimum absolute atomic E-state index is 0.305. The number of benzene rings is 1. The topological polar surface area (TPSA) is 29.3 Å². The van der Waals surface area contributed by atoms with Gasteiger partial charge in [-0.15, -0.1) is 11.3 Å². The Bertz CT molecular complexity index is 698. The molecule has 20 heavy (non-hydrogen) atoms. The normalized spacial score (nSPS) is 12.9. The number of thiazole rings is 1. The van der Waals surface area contributed by atoms with Crippen molar-refractivity contribution in [3.63, 3.8) is 0 Å². The van der Waals surface area contributed by atoms with Crippen molar-refractivity contribution >= 4 is 16.3 Å². The van der Waals surface area contributed by atoms with Crippen LogP contribution in [-0.2, 0) is 6.42 Å². The van der Waals surface area contributed by atoms with Gasteiger partial charge in [0, 0.05) is 30.2 Å². The van der Waals surface area contributed by atoms with E-state index in [0.717, 1.165) is 17.1 Å². The number of rotatable bonds is 4. The van der Waals surface area contributed by atoms with E-state index < -0.39 is 0 Å². The van der Waals surface area contributed by atoms with Crippen molar-refractivity contribution in [3.8, 4) is 0 Å². The number of fused-ring (bicyclic) bond motifs is 1. The first-order valence-electron chi connectivity index (χ1n) is 6.83. The molecule has 2 heterocycles. The Morgan fingerprint density at radius 3 is 2.95 bits per heavy atom. The molecule has 0 radical (unpaired) electrons. The fraction of sp³-hybridized carbons (Fsp3) is 0.312. The van der Waals surface area contributed by atoms with Gasteiger partial charge in [0.2, 0.25) is 0 Å². The van der Waals surface area contributed by atoms with E-state index in [0.29, 0.717) is 6.04 Å². The number of aryl methyl sites for hydroxylation is 2. The van der Waals surface area contributed by atoms with Crippen molar-refractivity contribution in [3.05, 3.63) is 58.4 Å². The fourth-order valence-corrected chi connectivity index (χ4v) is 3.31. The lowest BCUT2D eigenvalue weighted by Crippen LogP contribution is -2.20. The second-order valence-corrected chi connectivity index (χ2v) is 6.10. The van der Waals surface area contributed by atoms with Crippen LogP contribution in [0.5, 0.6) is 0 Å². The van der Waals surface area contributed by atoms with Crippen molar-refractivity contribution in [1.29, 1.82) is 0 Å². The van der Waals surface area contributed by atoms with Gasteiger partial charge in [-0.3, -0.25) is 4.40 Å². The summed E-state index contributed by atoms with van der Waals surface area (Å²) in [6.45, 7) is 4.31. The van der Waals surface area contributed by atoms with Crippen LogP contribution in [0, 0.1) is 13.8 Å². The second kappa shape index (κ2) is 5.38. The first-order valence-corrected chi connectivity index (χ1v) is 7.71. The summed E-state index contributed by atoms with van der Waals surface area (Å²) in [6, 6.07) is 6.94. The smallest absolute Gasteiger partial charge is 0.193 e. The summed E-state index contributed by atoms with van der Waals surface area (Å²) in [4.78, 5) is 5.75. The number of nitrogens with zero attached hydrogens (tertiary/aromatic N) is 2. The third-order valence-corrected chi connectivity index (χ3v) is 4.49. The van der Waals surface area contributed by atoms with E-state index in [1.807, 2.05) is 7.05 Å². The maximum Gasteiger partial charge on any atom is 0.193 e. The molecule has 2 aromatic heterocycles. The van der Waals surface area contributed by atoms with Crippen LogP contribution in [0.15, 0.2) is 36.0 Å². The van der Waals surface area contributed by atoms with Crippen LogP contribution in [0.3, 0.4) is 0 Å². The molecule has 3 aromatic rings. The molecule has 1 aromatic carbocycles. The zero-order chi connectivity index (χ0) is 14.1. The third kappa shape index (κ3) is 2.49. The highest BCUT2D eigenvalue weighted by Crippen LogP contribution is 2.23. The Balaban J connectivity index is 1.89. The standard InChI is InChI=1S/C16H19N3S/c1-11-4-5-12(2)14(8-11)15(17-3)9-13-10-19-6-7-20-16(19)18-13/h4-8,10,15,17H,9H2,1-3H3. The Kier molecular flexibility index (Phi) is 3.59. The van der Waals surface area contributed by atoms with Crippen LogP contribution in [0.1, 0.15) is 28.4 Å². The predicted molar refractivity (Wildman–Crippen MR) is 84.5 cm³/mol. The zero-order valence-electron chi connectivity index (χ0n) is 12.1. The Morgan fingerprint density at radius 2 is 2.20 bits per heavy atom. The van der Waals surface area contributed by atoms with Crippen LogP contribution >= 0.6 is 11.3 Å². The number of hydrogen-bond acceptors (Lipinski definition) is 3. The summed E-state index contributed by atoms with van der Waals surface area (Å²) in [5.41, 5.74) is 5.13. The molecule has 3 nitrogen and oxygen atoms in total. The molecule has 0 amide bonds. The van der Waals surface area contributed by atoms with Gasteiger partial charge < -0.3 is 5.32 Å². The second-order valence-electron chi connectivity index (χ2n) is 5.23. The van der Waals surface area contributed by atoms with Crippen LogP contribution in [0.25, 0.3) is 4.96 Å². The van der Waals surface area contributed by atoms with Gasteiger partial charge in [-0.1, -0.05) is 23.8 Å². The molecule has 4 heteroatoms. The highest BCUT2D eigenvalue weighted by Gasteiger charge is 2.15. The van der Waals surface area contributed by atoms with Gasteiger partial charge in [0.15, 0.2) is 4.96 Å². The molecule has 0 fully saturated rings. The molecule has 0 bridgehead atoms. The van der Waals surface area contributed by atoms with Gasteiger partial charge in [0.05, 0.1) is 5.69 Å². The summed E-state index contributed by atoms with van der Waals surface area (Å²) >= 11 is 1.68. The van der Waals surface area contributed by atoms with E-state index in [1.165, 1.54) is 16.7 Å². The minimum Gasteiger partial charge on any atom is -0.313 e. The molecule has 0 saturated carbocycles. The van der Waals surface area contributed by atoms with E-state index in [2.05, 4.69) is 64.5 Å². The van der Waals surface area contributed by atoms with Gasteiger partial charge in [-0.05, 0) is 32.0 Å². The maximum atomic E-state index is 4.68. The molecule has 1 atom stereocenters. The first kappa shape index (κ1) is 13.3. The lowest BCUT2D eigenvalue weighted by molar-refractivity contribution is 0.582. The number of hydrogen-bond donors (Lipinski definition) is 1. The quantitative estimate of drug-likeness (QED) is 0.795. The molecule has 0 spiro atoms. The molecule has 0 aliphatic carbocycles. The zero-order valence-corrected chi connectivity index (χ0v) is 12.9. The molecule has 0 aliphatic heterocycles. The van der Waals surface area contributed by atoms with Crippen molar-refractivity contribution in [2.75, 3.05) is 7.05 Å². The molecular formula is C16H19N3S. The van der Waals surface area contributed by atoms with Crippen LogP contribution in [0.2, 0.25) is 0 Å². The summed E-state index contributed by atoms with van der Waals surface area (Å²) < 4.78 is 2.09. The van der Waals surface area contributed by atoms with E-state index in [-0.39, 0.29) is 0 Å². The average Bonchev–Trinajstić information content (AvgIpc) is 3.00. The van der Waals surface area contributed by atoms with Gasteiger partial charge >= 0.3 is 0 Å². The minimum atomic E-state index is 0.305. The van der Waals surface area contributed by atoms with Crippen molar-refractivity contribution in [1.82, 2.24) is 14.7 Å². The highest BCUT2D eigenvalue weighted by atomic mass is 32.1. The monoisotopic (exact) mass is 285 g/mol. The van der Waals surface area contributed by atoms with Crippen molar-refractivity contribution in [2.45, 2.75) is 26.3 Å². The molecule has 1 unspecified atom stereocenters. The molecule has 0 saturated heterocycles. The van der Waals surface area contributed by atoms with Crippen LogP contribution in [-0.4, -0.2) is 16.4 Å². The molecule has 0 aliphatic rings. The highest BCUT2D eigenvalue weighted by molar-refractivity contribution is 7.15. The molecule has 104 valence electrons. The largest absolute Gasteiger partial charge is 0.313 e. The van der Waals surface area contributed by atoms with Gasteiger partial charge in [-0.25, -0.2) is 4.98 Å². The van der Waals surface area contributed by atoms with Gasteiger partial charge in [-0.2, -0.15) is 0 Å². The maximum absolute atomic E-state index is 4.68.